The summed E-state index contributed by atoms with van der Waals surface area (Å²) in [5, 5.41) is 10.8. The van der Waals surface area contributed by atoms with E-state index in [2.05, 4.69) is 43.1 Å². The van der Waals surface area contributed by atoms with E-state index in [4.69, 9.17) is 11.6 Å². The van der Waals surface area contributed by atoms with E-state index in [-0.39, 0.29) is 11.9 Å². The van der Waals surface area contributed by atoms with Crippen LogP contribution in [0.15, 0.2) is 18.2 Å². The summed E-state index contributed by atoms with van der Waals surface area (Å²) in [5.74, 6) is -0.133. The van der Waals surface area contributed by atoms with Crippen molar-refractivity contribution in [2.24, 2.45) is 0 Å². The van der Waals surface area contributed by atoms with Gasteiger partial charge in [0.25, 0.3) is 5.91 Å². The fourth-order valence-corrected chi connectivity index (χ4v) is 1.84. The van der Waals surface area contributed by atoms with Crippen LogP contribution in [0.3, 0.4) is 0 Å². The SMILES string of the molecule is Cc1nnc(NC(=O)c2ccc(I)c(Cl)c2)nc1C. The van der Waals surface area contributed by atoms with Gasteiger partial charge in [0.05, 0.1) is 16.4 Å². The van der Waals surface area contributed by atoms with Crippen LogP contribution in [0.2, 0.25) is 5.02 Å². The number of halogens is 2. The van der Waals surface area contributed by atoms with E-state index in [0.717, 1.165) is 15.0 Å². The molecule has 19 heavy (non-hydrogen) atoms. The maximum atomic E-state index is 12.0. The fourth-order valence-electron chi connectivity index (χ4n) is 1.32. The van der Waals surface area contributed by atoms with Crippen LogP contribution >= 0.6 is 34.2 Å². The molecule has 1 N–H and O–H groups in total. The number of aryl methyl sites for hydroxylation is 2. The van der Waals surface area contributed by atoms with Crippen molar-refractivity contribution in [2.75, 3.05) is 5.32 Å². The minimum absolute atomic E-state index is 0.183. The third-order valence-corrected chi connectivity index (χ3v) is 4.07. The van der Waals surface area contributed by atoms with Crippen molar-refractivity contribution in [3.05, 3.63) is 43.7 Å². The number of hydrogen-bond acceptors (Lipinski definition) is 4. The predicted molar refractivity (Wildman–Crippen MR) is 81.4 cm³/mol. The second kappa shape index (κ2) is 5.79. The van der Waals surface area contributed by atoms with Crippen LogP contribution in [-0.2, 0) is 0 Å². The molecule has 0 saturated heterocycles. The average Bonchev–Trinajstić information content (AvgIpc) is 2.37. The molecule has 2 rings (SSSR count). The van der Waals surface area contributed by atoms with Gasteiger partial charge in [-0.2, -0.15) is 5.10 Å². The first kappa shape index (κ1) is 14.1. The number of carbonyl (C=O) groups excluding carboxylic acids is 1. The van der Waals surface area contributed by atoms with Crippen LogP contribution in [0.4, 0.5) is 5.95 Å². The Morgan fingerprint density at radius 3 is 2.63 bits per heavy atom. The van der Waals surface area contributed by atoms with Crippen LogP contribution in [0.1, 0.15) is 21.7 Å². The number of rotatable bonds is 2. The third-order valence-electron chi connectivity index (χ3n) is 2.50. The molecule has 1 heterocycles. The van der Waals surface area contributed by atoms with Crippen LogP contribution in [0.25, 0.3) is 0 Å². The summed E-state index contributed by atoms with van der Waals surface area (Å²) in [5.41, 5.74) is 1.91. The number of amides is 1. The molecule has 0 bridgehead atoms. The van der Waals surface area contributed by atoms with Gasteiger partial charge in [-0.15, -0.1) is 5.10 Å². The second-order valence-electron chi connectivity index (χ2n) is 3.89. The van der Waals surface area contributed by atoms with Crippen LogP contribution < -0.4 is 5.32 Å². The lowest BCUT2D eigenvalue weighted by Crippen LogP contribution is -2.15. The third kappa shape index (κ3) is 3.38. The Labute approximate surface area is 128 Å². The number of carbonyl (C=O) groups is 1. The van der Waals surface area contributed by atoms with Gasteiger partial charge in [0.1, 0.15) is 0 Å². The van der Waals surface area contributed by atoms with E-state index in [0.29, 0.717) is 10.6 Å². The highest BCUT2D eigenvalue weighted by molar-refractivity contribution is 14.1. The van der Waals surface area contributed by atoms with Crippen molar-refractivity contribution >= 4 is 46.0 Å². The Morgan fingerprint density at radius 2 is 2.00 bits per heavy atom. The summed E-state index contributed by atoms with van der Waals surface area (Å²) >= 11 is 8.07. The van der Waals surface area contributed by atoms with Crippen molar-refractivity contribution < 1.29 is 4.79 Å². The second-order valence-corrected chi connectivity index (χ2v) is 5.46. The maximum Gasteiger partial charge on any atom is 0.258 e. The first-order valence-corrected chi connectivity index (χ1v) is 6.87. The molecule has 0 radical (unpaired) electrons. The Hall–Kier alpha value is -1.28. The molecule has 0 spiro atoms. The predicted octanol–water partition coefficient (Wildman–Crippen LogP) is 3.00. The van der Waals surface area contributed by atoms with E-state index in [1.807, 2.05) is 0 Å². The summed E-state index contributed by atoms with van der Waals surface area (Å²) in [6, 6.07) is 5.07. The highest BCUT2D eigenvalue weighted by atomic mass is 127. The van der Waals surface area contributed by atoms with Crippen molar-refractivity contribution in [3.63, 3.8) is 0 Å². The summed E-state index contributed by atoms with van der Waals surface area (Å²) in [6.45, 7) is 3.61. The smallest absolute Gasteiger partial charge is 0.258 e. The Balaban J connectivity index is 2.20. The van der Waals surface area contributed by atoms with Crippen molar-refractivity contribution in [3.8, 4) is 0 Å². The van der Waals surface area contributed by atoms with Crippen molar-refractivity contribution in [2.45, 2.75) is 13.8 Å². The van der Waals surface area contributed by atoms with Gasteiger partial charge in [0.2, 0.25) is 5.95 Å². The molecule has 1 aromatic heterocycles. The lowest BCUT2D eigenvalue weighted by atomic mass is 10.2. The van der Waals surface area contributed by atoms with Gasteiger partial charge >= 0.3 is 0 Å². The molecule has 2 aromatic rings. The lowest BCUT2D eigenvalue weighted by molar-refractivity contribution is 0.102. The van der Waals surface area contributed by atoms with Gasteiger partial charge in [0.15, 0.2) is 0 Å². The largest absolute Gasteiger partial charge is 0.289 e. The Morgan fingerprint density at radius 1 is 1.26 bits per heavy atom. The molecule has 5 nitrogen and oxygen atoms in total. The number of anilines is 1. The number of nitrogens with one attached hydrogen (secondary N) is 1. The van der Waals surface area contributed by atoms with Gasteiger partial charge in [-0.3, -0.25) is 10.1 Å². The van der Waals surface area contributed by atoms with Crippen LogP contribution in [0, 0.1) is 17.4 Å². The van der Waals surface area contributed by atoms with Crippen LogP contribution in [0.5, 0.6) is 0 Å². The quantitative estimate of drug-likeness (QED) is 0.803. The summed E-state index contributed by atoms with van der Waals surface area (Å²) in [6.07, 6.45) is 0. The molecule has 0 saturated carbocycles. The van der Waals surface area contributed by atoms with Crippen LogP contribution in [-0.4, -0.2) is 21.1 Å². The fraction of sp³-hybridized carbons (Fsp3) is 0.167. The maximum absolute atomic E-state index is 12.0. The molecule has 98 valence electrons. The molecule has 0 aliphatic carbocycles. The molecule has 0 aliphatic rings. The highest BCUT2D eigenvalue weighted by Crippen LogP contribution is 2.20. The van der Waals surface area contributed by atoms with Gasteiger partial charge in [-0.25, -0.2) is 4.98 Å². The first-order chi connectivity index (χ1) is 8.97. The number of hydrogen-bond donors (Lipinski definition) is 1. The molecule has 0 atom stereocenters. The molecule has 1 aromatic carbocycles. The average molecular weight is 389 g/mol. The monoisotopic (exact) mass is 388 g/mol. The highest BCUT2D eigenvalue weighted by Gasteiger charge is 2.10. The normalized spacial score (nSPS) is 10.3. The molecule has 1 amide bonds. The van der Waals surface area contributed by atoms with E-state index in [1.54, 1.807) is 32.0 Å². The van der Waals surface area contributed by atoms with Crippen molar-refractivity contribution in [1.82, 2.24) is 15.2 Å². The van der Waals surface area contributed by atoms with Gasteiger partial charge in [-0.1, -0.05) is 11.6 Å². The zero-order valence-electron chi connectivity index (χ0n) is 10.2. The Kier molecular flexibility index (Phi) is 4.31. The standard InChI is InChI=1S/C12H10ClIN4O/c1-6-7(2)17-18-12(15-6)16-11(19)8-3-4-10(14)9(13)5-8/h3-5H,1-2H3,(H,15,16,18,19). The van der Waals surface area contributed by atoms with E-state index in [9.17, 15) is 4.79 Å². The number of benzene rings is 1. The molecule has 0 unspecified atom stereocenters. The molecular formula is C12H10ClIN4O. The number of aromatic nitrogens is 3. The molecule has 0 fully saturated rings. The summed E-state index contributed by atoms with van der Waals surface area (Å²) < 4.78 is 0.889. The Bertz CT molecular complexity index is 648. The summed E-state index contributed by atoms with van der Waals surface area (Å²) in [7, 11) is 0. The van der Waals surface area contributed by atoms with Crippen molar-refractivity contribution in [1.29, 1.82) is 0 Å². The van der Waals surface area contributed by atoms with Gasteiger partial charge < -0.3 is 0 Å². The van der Waals surface area contributed by atoms with Gasteiger partial charge in [0, 0.05) is 9.13 Å². The van der Waals surface area contributed by atoms with Gasteiger partial charge in [-0.05, 0) is 54.6 Å². The van der Waals surface area contributed by atoms with E-state index < -0.39 is 0 Å². The lowest BCUT2D eigenvalue weighted by Gasteiger charge is -2.05. The zero-order chi connectivity index (χ0) is 14.0. The molecule has 0 aliphatic heterocycles. The summed E-state index contributed by atoms with van der Waals surface area (Å²) in [4.78, 5) is 16.1. The molecule has 7 heteroatoms. The number of nitrogens with zero attached hydrogens (tertiary/aromatic N) is 3. The van der Waals surface area contributed by atoms with E-state index >= 15 is 0 Å². The molecular weight excluding hydrogens is 379 g/mol. The minimum atomic E-state index is -0.316. The topological polar surface area (TPSA) is 67.8 Å². The first-order valence-electron chi connectivity index (χ1n) is 5.41. The minimum Gasteiger partial charge on any atom is -0.289 e. The zero-order valence-corrected chi connectivity index (χ0v) is 13.2. The van der Waals surface area contributed by atoms with E-state index in [1.165, 1.54) is 0 Å².